The third-order valence-corrected chi connectivity index (χ3v) is 8.96. The van der Waals surface area contributed by atoms with Crippen molar-refractivity contribution in [3.05, 3.63) is 127 Å². The predicted octanol–water partition coefficient (Wildman–Crippen LogP) is 4.63. The Bertz CT molecular complexity index is 942. The van der Waals surface area contributed by atoms with Gasteiger partial charge in [-0.1, -0.05) is 72.8 Å². The first-order valence-electron chi connectivity index (χ1n) is 9.43. The Labute approximate surface area is 178 Å². The SMILES string of the molecule is N#C[N-]C#N.c1ccc([P+](c2ccccc2)(c2ccccc2)c2ccccc2)cc1. The Morgan fingerprint density at radius 3 is 0.833 bits per heavy atom. The van der Waals surface area contributed by atoms with Gasteiger partial charge in [-0.3, -0.25) is 5.32 Å². The van der Waals surface area contributed by atoms with Crippen molar-refractivity contribution in [2.45, 2.75) is 0 Å². The van der Waals surface area contributed by atoms with Crippen LogP contribution in [0.1, 0.15) is 0 Å². The van der Waals surface area contributed by atoms with Gasteiger partial charge in [-0.2, -0.15) is 0 Å². The number of hydrogen-bond acceptors (Lipinski definition) is 2. The highest BCUT2D eigenvalue weighted by Gasteiger charge is 2.47. The molecule has 0 unspecified atom stereocenters. The number of rotatable bonds is 4. The molecular weight excluding hydrogens is 385 g/mol. The molecule has 3 nitrogen and oxygen atoms in total. The van der Waals surface area contributed by atoms with Crippen LogP contribution in [0.25, 0.3) is 5.32 Å². The maximum Gasteiger partial charge on any atom is 0.144 e. The van der Waals surface area contributed by atoms with Gasteiger partial charge in [-0.05, 0) is 48.5 Å². The lowest BCUT2D eigenvalue weighted by molar-refractivity contribution is 1.48. The second-order valence-corrected chi connectivity index (χ2v) is 9.73. The fourth-order valence-electron chi connectivity index (χ4n) is 3.52. The largest absolute Gasteiger partial charge is 0.385 e. The van der Waals surface area contributed by atoms with Crippen molar-refractivity contribution in [3.8, 4) is 12.4 Å². The van der Waals surface area contributed by atoms with Crippen molar-refractivity contribution in [3.63, 3.8) is 0 Å². The molecule has 4 aromatic carbocycles. The smallest absolute Gasteiger partial charge is 0.144 e. The molecule has 0 spiro atoms. The lowest BCUT2D eigenvalue weighted by atomic mass is 10.3. The van der Waals surface area contributed by atoms with E-state index in [0.717, 1.165) is 0 Å². The van der Waals surface area contributed by atoms with Crippen LogP contribution in [0.3, 0.4) is 0 Å². The summed E-state index contributed by atoms with van der Waals surface area (Å²) in [5.41, 5.74) is 0. The van der Waals surface area contributed by atoms with Crippen LogP contribution >= 0.6 is 7.26 Å². The molecule has 0 saturated carbocycles. The molecule has 144 valence electrons. The second-order valence-electron chi connectivity index (χ2n) is 6.32. The minimum absolute atomic E-state index is 1.28. The normalized spacial score (nSPS) is 9.93. The summed E-state index contributed by atoms with van der Waals surface area (Å²) in [5.74, 6) is 0. The lowest BCUT2D eigenvalue weighted by Crippen LogP contribution is -2.38. The minimum Gasteiger partial charge on any atom is -0.385 e. The summed E-state index contributed by atoms with van der Waals surface area (Å²) in [4.78, 5) is 0. The van der Waals surface area contributed by atoms with Gasteiger partial charge in [0.05, 0.1) is 0 Å². The Morgan fingerprint density at radius 1 is 0.433 bits per heavy atom. The maximum absolute atomic E-state index is 7.43. The van der Waals surface area contributed by atoms with E-state index >= 15 is 0 Å². The molecular formula is C26H20N3P. The van der Waals surface area contributed by atoms with Gasteiger partial charge < -0.3 is 10.5 Å². The molecule has 0 saturated heterocycles. The summed E-state index contributed by atoms with van der Waals surface area (Å²) in [6.07, 6.45) is 2.56. The molecule has 0 amide bonds. The van der Waals surface area contributed by atoms with Crippen LogP contribution in [0.2, 0.25) is 0 Å². The van der Waals surface area contributed by atoms with Gasteiger partial charge in [0.15, 0.2) is 0 Å². The molecule has 0 aliphatic rings. The highest BCUT2D eigenvalue weighted by molar-refractivity contribution is 8.01. The zero-order chi connectivity index (χ0) is 21.1. The van der Waals surface area contributed by atoms with Crippen molar-refractivity contribution in [1.82, 2.24) is 0 Å². The number of nitrogens with zero attached hydrogens (tertiary/aromatic N) is 3. The average Bonchev–Trinajstić information content (AvgIpc) is 2.83. The molecule has 4 aromatic rings. The summed E-state index contributed by atoms with van der Waals surface area (Å²) >= 11 is 0. The topological polar surface area (TPSA) is 61.7 Å². The molecule has 4 rings (SSSR count). The summed E-state index contributed by atoms with van der Waals surface area (Å²) in [6.45, 7) is 0. The zero-order valence-electron chi connectivity index (χ0n) is 16.3. The van der Waals surface area contributed by atoms with Crippen LogP contribution in [-0.2, 0) is 0 Å². The fourth-order valence-corrected chi connectivity index (χ4v) is 7.79. The number of hydrogen-bond donors (Lipinski definition) is 0. The van der Waals surface area contributed by atoms with Gasteiger partial charge in [0.1, 0.15) is 28.5 Å². The van der Waals surface area contributed by atoms with E-state index in [1.807, 2.05) is 0 Å². The molecule has 0 atom stereocenters. The van der Waals surface area contributed by atoms with Crippen molar-refractivity contribution < 1.29 is 0 Å². The van der Waals surface area contributed by atoms with Gasteiger partial charge >= 0.3 is 0 Å². The maximum atomic E-state index is 7.43. The standard InChI is InChI=1S/C24H20P.C2N3/c1-5-13-21(14-6-1)25(22-15-7-2-8-16-22,23-17-9-3-10-18-23)24-19-11-4-12-20-24;3-1-5-2-4/h1-20H;/q+1;-1. The van der Waals surface area contributed by atoms with Gasteiger partial charge in [0.25, 0.3) is 0 Å². The predicted molar refractivity (Wildman–Crippen MR) is 126 cm³/mol. The molecule has 0 aliphatic carbocycles. The van der Waals surface area contributed by atoms with Gasteiger partial charge in [-0.25, -0.2) is 0 Å². The van der Waals surface area contributed by atoms with E-state index in [2.05, 4.69) is 127 Å². The quantitative estimate of drug-likeness (QED) is 0.367. The molecule has 4 heteroatoms. The zero-order valence-corrected chi connectivity index (χ0v) is 17.2. The summed E-state index contributed by atoms with van der Waals surface area (Å²) in [6, 6.07) is 43.8. The summed E-state index contributed by atoms with van der Waals surface area (Å²) < 4.78 is 0. The molecule has 30 heavy (non-hydrogen) atoms. The van der Waals surface area contributed by atoms with Gasteiger partial charge in [-0.15, -0.1) is 0 Å². The second kappa shape index (κ2) is 10.6. The molecule has 0 N–H and O–H groups in total. The average molecular weight is 405 g/mol. The monoisotopic (exact) mass is 405 g/mol. The van der Waals surface area contributed by atoms with Crippen LogP contribution in [0.4, 0.5) is 0 Å². The molecule has 0 bridgehead atoms. The van der Waals surface area contributed by atoms with E-state index < -0.39 is 7.26 Å². The van der Waals surface area contributed by atoms with E-state index in [-0.39, 0.29) is 0 Å². The van der Waals surface area contributed by atoms with Crippen molar-refractivity contribution in [1.29, 1.82) is 10.5 Å². The van der Waals surface area contributed by atoms with E-state index in [4.69, 9.17) is 10.5 Å². The highest BCUT2D eigenvalue weighted by Crippen LogP contribution is 2.53. The molecule has 0 fully saturated rings. The fraction of sp³-hybridized carbons (Fsp3) is 0. The van der Waals surface area contributed by atoms with Crippen LogP contribution in [0, 0.1) is 22.9 Å². The number of nitriles is 2. The third kappa shape index (κ3) is 4.39. The molecule has 0 aromatic heterocycles. The molecule has 0 radical (unpaired) electrons. The van der Waals surface area contributed by atoms with E-state index in [9.17, 15) is 0 Å². The van der Waals surface area contributed by atoms with E-state index in [0.29, 0.717) is 0 Å². The summed E-state index contributed by atoms with van der Waals surface area (Å²) in [7, 11) is -1.91. The van der Waals surface area contributed by atoms with E-state index in [1.165, 1.54) is 33.6 Å². The first kappa shape index (κ1) is 20.8. The lowest BCUT2D eigenvalue weighted by Gasteiger charge is -2.27. The van der Waals surface area contributed by atoms with Crippen molar-refractivity contribution >= 4 is 28.5 Å². The Kier molecular flexibility index (Phi) is 7.34. The summed E-state index contributed by atoms with van der Waals surface area (Å²) in [5, 5.41) is 23.0. The Morgan fingerprint density at radius 2 is 0.667 bits per heavy atom. The van der Waals surface area contributed by atoms with Crippen LogP contribution in [-0.4, -0.2) is 0 Å². The van der Waals surface area contributed by atoms with E-state index in [1.54, 1.807) is 0 Å². The minimum atomic E-state index is -1.91. The van der Waals surface area contributed by atoms with Crippen LogP contribution in [0.15, 0.2) is 121 Å². The Balaban J connectivity index is 0.000000461. The highest BCUT2D eigenvalue weighted by atomic mass is 31.2. The first-order valence-corrected chi connectivity index (χ1v) is 11.2. The number of benzene rings is 4. The van der Waals surface area contributed by atoms with Crippen molar-refractivity contribution in [2.24, 2.45) is 0 Å². The Hall–Kier alpha value is -3.91. The van der Waals surface area contributed by atoms with Crippen LogP contribution in [0.5, 0.6) is 0 Å². The van der Waals surface area contributed by atoms with Gasteiger partial charge in [0.2, 0.25) is 0 Å². The first-order chi connectivity index (χ1) is 14.8. The molecule has 0 heterocycles. The van der Waals surface area contributed by atoms with Crippen molar-refractivity contribution in [2.75, 3.05) is 0 Å². The molecule has 0 aliphatic heterocycles. The van der Waals surface area contributed by atoms with Gasteiger partial charge in [0, 0.05) is 12.4 Å². The van der Waals surface area contributed by atoms with Crippen LogP contribution < -0.4 is 21.2 Å². The third-order valence-electron chi connectivity index (χ3n) is 4.67.